The lowest BCUT2D eigenvalue weighted by Gasteiger charge is -1.95. The highest BCUT2D eigenvalue weighted by Gasteiger charge is 1.95. The van der Waals surface area contributed by atoms with Gasteiger partial charge in [-0.2, -0.15) is 0 Å². The highest BCUT2D eigenvalue weighted by molar-refractivity contribution is 5.14. The van der Waals surface area contributed by atoms with E-state index in [0.29, 0.717) is 4.85 Å². The zero-order valence-electron chi connectivity index (χ0n) is 5.46. The number of hydrogen-bond acceptors (Lipinski definition) is 2. The average molecular weight is 124 g/mol. The predicted molar refractivity (Wildman–Crippen MR) is 32.7 cm³/mol. The number of rotatable bonds is 0. The van der Waals surface area contributed by atoms with Crippen LogP contribution in [0, 0.1) is 19.1 Å². The van der Waals surface area contributed by atoms with Gasteiger partial charge < -0.3 is 5.21 Å². The van der Waals surface area contributed by atoms with Gasteiger partial charge in [0.2, 0.25) is 6.20 Å². The molecule has 0 saturated carbocycles. The Labute approximate surface area is 53.5 Å². The first kappa shape index (κ1) is 6.01. The Bertz CT molecular complexity index is 222. The van der Waals surface area contributed by atoms with Crippen LogP contribution in [0.2, 0.25) is 0 Å². The van der Waals surface area contributed by atoms with Crippen molar-refractivity contribution in [3.8, 4) is 0 Å². The second-order valence-corrected chi connectivity index (χ2v) is 2.04. The minimum Gasteiger partial charge on any atom is -0.594 e. The second-order valence-electron chi connectivity index (χ2n) is 2.04. The highest BCUT2D eigenvalue weighted by atomic mass is 16.5. The lowest BCUT2D eigenvalue weighted by atomic mass is 10.2. The maximum absolute atomic E-state index is 10.4. The molecule has 1 aromatic heterocycles. The largest absolute Gasteiger partial charge is 0.594 e. The minimum absolute atomic E-state index is 0.558. The van der Waals surface area contributed by atoms with E-state index in [1.807, 2.05) is 13.8 Å². The Morgan fingerprint density at radius 3 is 2.56 bits per heavy atom. The van der Waals surface area contributed by atoms with E-state index >= 15 is 0 Å². The molecule has 0 spiro atoms. The van der Waals surface area contributed by atoms with Crippen LogP contribution >= 0.6 is 0 Å². The topological polar surface area (TPSA) is 39.8 Å². The van der Waals surface area contributed by atoms with Gasteiger partial charge in [0.1, 0.15) is 0 Å². The van der Waals surface area contributed by atoms with Crippen molar-refractivity contribution in [2.45, 2.75) is 13.8 Å². The molecule has 0 amide bonds. The fraction of sp³-hybridized carbons (Fsp3) is 0.333. The molecular formula is C6H8N2O. The molecule has 48 valence electrons. The standard InChI is InChI=1S/C6H8N2O/c1-5-3-7-8(9)4-6(5)2/h3-4H,1-2H3. The monoisotopic (exact) mass is 124 g/mol. The van der Waals surface area contributed by atoms with E-state index in [9.17, 15) is 5.21 Å². The quantitative estimate of drug-likeness (QED) is 0.369. The highest BCUT2D eigenvalue weighted by Crippen LogP contribution is 1.97. The number of nitrogens with zero attached hydrogens (tertiary/aromatic N) is 2. The van der Waals surface area contributed by atoms with E-state index < -0.39 is 0 Å². The first-order chi connectivity index (χ1) is 4.20. The maximum Gasteiger partial charge on any atom is 0.213 e. The molecule has 0 fully saturated rings. The third-order valence-electron chi connectivity index (χ3n) is 1.29. The van der Waals surface area contributed by atoms with Gasteiger partial charge in [0.15, 0.2) is 0 Å². The summed E-state index contributed by atoms with van der Waals surface area (Å²) in [6.07, 6.45) is 3.01. The SMILES string of the molecule is Cc1cn[n+]([O-])cc1C. The van der Waals surface area contributed by atoms with Crippen molar-refractivity contribution in [1.29, 1.82) is 0 Å². The molecule has 3 heteroatoms. The van der Waals surface area contributed by atoms with Gasteiger partial charge >= 0.3 is 0 Å². The summed E-state index contributed by atoms with van der Waals surface area (Å²) in [5.74, 6) is 0. The molecule has 0 unspecified atom stereocenters. The van der Waals surface area contributed by atoms with Crippen molar-refractivity contribution >= 4 is 0 Å². The zero-order valence-corrected chi connectivity index (χ0v) is 5.46. The predicted octanol–water partition coefficient (Wildman–Crippen LogP) is 0.332. The van der Waals surface area contributed by atoms with Crippen molar-refractivity contribution in [3.63, 3.8) is 0 Å². The summed E-state index contributed by atoms with van der Waals surface area (Å²) in [6.45, 7) is 3.80. The van der Waals surface area contributed by atoms with Crippen LogP contribution in [-0.2, 0) is 0 Å². The van der Waals surface area contributed by atoms with Crippen LogP contribution in [-0.4, -0.2) is 5.10 Å². The van der Waals surface area contributed by atoms with Gasteiger partial charge in [-0.1, -0.05) is 4.85 Å². The summed E-state index contributed by atoms with van der Waals surface area (Å²) in [5.41, 5.74) is 2.02. The average Bonchev–Trinajstić information content (AvgIpc) is 1.80. The molecule has 9 heavy (non-hydrogen) atoms. The summed E-state index contributed by atoms with van der Waals surface area (Å²) in [7, 11) is 0. The van der Waals surface area contributed by atoms with Crippen LogP contribution in [0.3, 0.4) is 0 Å². The summed E-state index contributed by atoms with van der Waals surface area (Å²) in [6, 6.07) is 0. The number of aryl methyl sites for hydroxylation is 2. The zero-order chi connectivity index (χ0) is 6.85. The van der Waals surface area contributed by atoms with E-state index in [2.05, 4.69) is 5.10 Å². The van der Waals surface area contributed by atoms with Gasteiger partial charge in [-0.3, -0.25) is 0 Å². The Hall–Kier alpha value is -1.12. The lowest BCUT2D eigenvalue weighted by molar-refractivity contribution is -0.669. The fourth-order valence-electron chi connectivity index (χ4n) is 0.546. The molecule has 0 bridgehead atoms. The summed E-state index contributed by atoms with van der Waals surface area (Å²) >= 11 is 0. The van der Waals surface area contributed by atoms with Crippen LogP contribution in [0.4, 0.5) is 0 Å². The molecule has 0 aliphatic rings. The molecular weight excluding hydrogens is 116 g/mol. The van der Waals surface area contributed by atoms with Crippen LogP contribution in [0.1, 0.15) is 11.1 Å². The first-order valence-electron chi connectivity index (χ1n) is 2.73. The van der Waals surface area contributed by atoms with Crippen LogP contribution in [0.15, 0.2) is 12.4 Å². The Kier molecular flexibility index (Phi) is 1.34. The third kappa shape index (κ3) is 1.16. The van der Waals surface area contributed by atoms with E-state index in [1.54, 1.807) is 6.20 Å². The molecule has 1 heterocycles. The molecule has 0 aliphatic carbocycles. The maximum atomic E-state index is 10.4. The lowest BCUT2D eigenvalue weighted by Crippen LogP contribution is -2.30. The summed E-state index contributed by atoms with van der Waals surface area (Å²) < 4.78 is 0. The molecule has 1 aromatic rings. The normalized spacial score (nSPS) is 9.56. The van der Waals surface area contributed by atoms with Crippen molar-refractivity contribution in [3.05, 3.63) is 28.7 Å². The molecule has 0 atom stereocenters. The van der Waals surface area contributed by atoms with E-state index in [4.69, 9.17) is 0 Å². The van der Waals surface area contributed by atoms with Gasteiger partial charge in [0.25, 0.3) is 0 Å². The van der Waals surface area contributed by atoms with Crippen molar-refractivity contribution in [2.75, 3.05) is 0 Å². The van der Waals surface area contributed by atoms with Gasteiger partial charge in [-0.25, -0.2) is 0 Å². The Morgan fingerprint density at radius 1 is 1.44 bits per heavy atom. The second kappa shape index (κ2) is 2.01. The van der Waals surface area contributed by atoms with Crippen LogP contribution in [0.5, 0.6) is 0 Å². The smallest absolute Gasteiger partial charge is 0.213 e. The molecule has 0 aliphatic heterocycles. The Balaban J connectivity index is 3.17. The van der Waals surface area contributed by atoms with E-state index in [0.717, 1.165) is 11.1 Å². The van der Waals surface area contributed by atoms with Crippen molar-refractivity contribution in [2.24, 2.45) is 0 Å². The van der Waals surface area contributed by atoms with Crippen LogP contribution in [0.25, 0.3) is 0 Å². The molecule has 0 saturated heterocycles. The van der Waals surface area contributed by atoms with Crippen molar-refractivity contribution in [1.82, 2.24) is 5.10 Å². The third-order valence-corrected chi connectivity index (χ3v) is 1.29. The summed E-state index contributed by atoms with van der Waals surface area (Å²) in [4.78, 5) is 0.558. The van der Waals surface area contributed by atoms with Gasteiger partial charge in [0, 0.05) is 10.7 Å². The van der Waals surface area contributed by atoms with E-state index in [1.165, 1.54) is 6.20 Å². The molecule has 0 N–H and O–H groups in total. The number of aromatic nitrogens is 2. The van der Waals surface area contributed by atoms with Crippen LogP contribution < -0.4 is 4.85 Å². The van der Waals surface area contributed by atoms with Gasteiger partial charge in [0.05, 0.1) is 6.20 Å². The number of hydrogen-bond donors (Lipinski definition) is 0. The molecule has 0 aromatic carbocycles. The minimum atomic E-state index is 0.558. The van der Waals surface area contributed by atoms with Gasteiger partial charge in [-0.15, -0.1) is 0 Å². The first-order valence-corrected chi connectivity index (χ1v) is 2.73. The molecule has 3 nitrogen and oxygen atoms in total. The molecule has 1 rings (SSSR count). The summed E-state index contributed by atoms with van der Waals surface area (Å²) in [5, 5.41) is 13.9. The molecule has 0 radical (unpaired) electrons. The van der Waals surface area contributed by atoms with Crippen molar-refractivity contribution < 1.29 is 4.85 Å². The fourth-order valence-corrected chi connectivity index (χ4v) is 0.546. The van der Waals surface area contributed by atoms with Gasteiger partial charge in [-0.05, 0) is 19.4 Å². The Morgan fingerprint density at radius 2 is 2.11 bits per heavy atom. The van der Waals surface area contributed by atoms with E-state index in [-0.39, 0.29) is 0 Å².